The minimum Gasteiger partial charge on any atom is -0.481 e. The smallest absolute Gasteiger partial charge is 0.324 e. The molecule has 1 aromatic rings. The summed E-state index contributed by atoms with van der Waals surface area (Å²) in [4.78, 5) is 25.8. The van der Waals surface area contributed by atoms with Crippen LogP contribution in [0.5, 0.6) is 0 Å². The van der Waals surface area contributed by atoms with Crippen molar-refractivity contribution in [2.75, 3.05) is 25.0 Å². The highest BCUT2D eigenvalue weighted by molar-refractivity contribution is 5.92. The summed E-state index contributed by atoms with van der Waals surface area (Å²) >= 11 is 0. The number of carbonyl (C=O) groups is 2. The minimum absolute atomic E-state index is 0.0856. The Bertz CT molecular complexity index is 448. The van der Waals surface area contributed by atoms with Gasteiger partial charge in [0.25, 0.3) is 0 Å². The number of para-hydroxylation sites is 1. The standard InChI is InChI=1S/C14H20N2O4/c1-11(17)10-15(2)14(20)16(9-8-13(18)19)12-6-4-3-5-7-12/h3-7,11,17H,8-10H2,1-2H3,(H,18,19). The Balaban J connectivity index is 2.87. The molecule has 0 radical (unpaired) electrons. The van der Waals surface area contributed by atoms with Crippen LogP contribution in [0.15, 0.2) is 30.3 Å². The zero-order valence-corrected chi connectivity index (χ0v) is 11.7. The van der Waals surface area contributed by atoms with E-state index < -0.39 is 12.1 Å². The molecule has 1 aromatic carbocycles. The normalized spacial score (nSPS) is 11.8. The zero-order chi connectivity index (χ0) is 15.1. The lowest BCUT2D eigenvalue weighted by Gasteiger charge is -2.28. The summed E-state index contributed by atoms with van der Waals surface area (Å²) in [5.41, 5.74) is 0.635. The van der Waals surface area contributed by atoms with Gasteiger partial charge in [-0.3, -0.25) is 9.69 Å². The third-order valence-corrected chi connectivity index (χ3v) is 2.71. The maximum Gasteiger partial charge on any atom is 0.324 e. The van der Waals surface area contributed by atoms with Crippen LogP contribution in [0.25, 0.3) is 0 Å². The summed E-state index contributed by atoms with van der Waals surface area (Å²) in [6.45, 7) is 1.87. The quantitative estimate of drug-likeness (QED) is 0.825. The third-order valence-electron chi connectivity index (χ3n) is 2.71. The Hall–Kier alpha value is -2.08. The molecule has 1 atom stereocenters. The monoisotopic (exact) mass is 280 g/mol. The van der Waals surface area contributed by atoms with E-state index in [1.165, 1.54) is 9.80 Å². The maximum atomic E-state index is 12.3. The van der Waals surface area contributed by atoms with Crippen LogP contribution in [-0.4, -0.2) is 53.4 Å². The second-order valence-electron chi connectivity index (χ2n) is 4.64. The summed E-state index contributed by atoms with van der Waals surface area (Å²) in [7, 11) is 1.58. The van der Waals surface area contributed by atoms with Crippen LogP contribution >= 0.6 is 0 Å². The van der Waals surface area contributed by atoms with Gasteiger partial charge in [0.2, 0.25) is 0 Å². The van der Waals surface area contributed by atoms with Crippen LogP contribution in [0.4, 0.5) is 10.5 Å². The van der Waals surface area contributed by atoms with Crippen LogP contribution in [0.3, 0.4) is 0 Å². The van der Waals surface area contributed by atoms with Gasteiger partial charge in [-0.15, -0.1) is 0 Å². The highest BCUT2D eigenvalue weighted by Crippen LogP contribution is 2.15. The van der Waals surface area contributed by atoms with E-state index in [2.05, 4.69) is 0 Å². The molecule has 0 heterocycles. The lowest BCUT2D eigenvalue weighted by Crippen LogP contribution is -2.44. The van der Waals surface area contributed by atoms with Crippen LogP contribution in [0.1, 0.15) is 13.3 Å². The van der Waals surface area contributed by atoms with E-state index in [4.69, 9.17) is 5.11 Å². The number of hydrogen-bond donors (Lipinski definition) is 2. The van der Waals surface area contributed by atoms with Crippen molar-refractivity contribution >= 4 is 17.7 Å². The SMILES string of the molecule is CC(O)CN(C)C(=O)N(CCC(=O)O)c1ccccc1. The first-order chi connectivity index (χ1) is 9.41. The number of amides is 2. The number of carboxylic acid groups (broad SMARTS) is 1. The predicted molar refractivity (Wildman–Crippen MR) is 75.7 cm³/mol. The van der Waals surface area contributed by atoms with E-state index in [0.29, 0.717) is 5.69 Å². The van der Waals surface area contributed by atoms with Gasteiger partial charge in [-0.25, -0.2) is 4.79 Å². The van der Waals surface area contributed by atoms with Crippen molar-refractivity contribution in [1.29, 1.82) is 0 Å². The summed E-state index contributed by atoms with van der Waals surface area (Å²) in [6, 6.07) is 8.54. The molecule has 0 aliphatic rings. The second-order valence-corrected chi connectivity index (χ2v) is 4.64. The average Bonchev–Trinajstić information content (AvgIpc) is 2.38. The second kappa shape index (κ2) is 7.49. The van der Waals surface area contributed by atoms with Gasteiger partial charge in [0.1, 0.15) is 0 Å². The van der Waals surface area contributed by atoms with Gasteiger partial charge in [0, 0.05) is 25.8 Å². The lowest BCUT2D eigenvalue weighted by molar-refractivity contribution is -0.136. The summed E-state index contributed by atoms with van der Waals surface area (Å²) in [5.74, 6) is -0.961. The molecule has 0 fully saturated rings. The Kier molecular flexibility index (Phi) is 5.99. The molecule has 2 amide bonds. The molecule has 6 nitrogen and oxygen atoms in total. The molecule has 0 aliphatic heterocycles. The molecule has 1 rings (SSSR count). The van der Waals surface area contributed by atoms with Gasteiger partial charge in [0.15, 0.2) is 0 Å². The van der Waals surface area contributed by atoms with Crippen molar-refractivity contribution < 1.29 is 19.8 Å². The van der Waals surface area contributed by atoms with E-state index in [1.807, 2.05) is 6.07 Å². The molecule has 110 valence electrons. The molecule has 0 aromatic heterocycles. The van der Waals surface area contributed by atoms with Crippen LogP contribution < -0.4 is 4.90 Å². The number of carbonyl (C=O) groups excluding carboxylic acids is 1. The average molecular weight is 280 g/mol. The van der Waals surface area contributed by atoms with Crippen molar-refractivity contribution in [1.82, 2.24) is 4.90 Å². The van der Waals surface area contributed by atoms with Gasteiger partial charge in [0.05, 0.1) is 12.5 Å². The highest BCUT2D eigenvalue weighted by atomic mass is 16.4. The Morgan fingerprint density at radius 2 is 1.85 bits per heavy atom. The Morgan fingerprint density at radius 1 is 1.25 bits per heavy atom. The number of carboxylic acids is 1. The fourth-order valence-corrected chi connectivity index (χ4v) is 1.83. The predicted octanol–water partition coefficient (Wildman–Crippen LogP) is 1.40. The Morgan fingerprint density at radius 3 is 2.35 bits per heavy atom. The number of nitrogens with zero attached hydrogens (tertiary/aromatic N) is 2. The minimum atomic E-state index is -0.961. The van der Waals surface area contributed by atoms with Crippen molar-refractivity contribution in [3.8, 4) is 0 Å². The van der Waals surface area contributed by atoms with Gasteiger partial charge in [-0.1, -0.05) is 18.2 Å². The fourth-order valence-electron chi connectivity index (χ4n) is 1.83. The van der Waals surface area contributed by atoms with Crippen molar-refractivity contribution in [3.05, 3.63) is 30.3 Å². The highest BCUT2D eigenvalue weighted by Gasteiger charge is 2.21. The molecule has 2 N–H and O–H groups in total. The topological polar surface area (TPSA) is 81.1 Å². The third kappa shape index (κ3) is 4.89. The summed E-state index contributed by atoms with van der Waals surface area (Å²) < 4.78 is 0. The van der Waals surface area contributed by atoms with E-state index in [0.717, 1.165) is 0 Å². The van der Waals surface area contributed by atoms with Crippen molar-refractivity contribution in [2.45, 2.75) is 19.4 Å². The van der Waals surface area contributed by atoms with E-state index in [-0.39, 0.29) is 25.5 Å². The van der Waals surface area contributed by atoms with Crippen LogP contribution in [0.2, 0.25) is 0 Å². The number of urea groups is 1. The van der Waals surface area contributed by atoms with E-state index in [1.54, 1.807) is 38.2 Å². The van der Waals surface area contributed by atoms with Gasteiger partial charge in [-0.2, -0.15) is 0 Å². The van der Waals surface area contributed by atoms with E-state index >= 15 is 0 Å². The van der Waals surface area contributed by atoms with Crippen molar-refractivity contribution in [2.24, 2.45) is 0 Å². The fraction of sp³-hybridized carbons (Fsp3) is 0.429. The first-order valence-corrected chi connectivity index (χ1v) is 6.39. The molecule has 0 aliphatic carbocycles. The van der Waals surface area contributed by atoms with E-state index in [9.17, 15) is 14.7 Å². The summed E-state index contributed by atoms with van der Waals surface area (Å²) in [5, 5.41) is 18.1. The number of likely N-dealkylation sites (N-methyl/N-ethyl adjacent to an activating group) is 1. The molecule has 0 spiro atoms. The number of aliphatic hydroxyl groups excluding tert-OH is 1. The molecular formula is C14H20N2O4. The Labute approximate surface area is 118 Å². The molecule has 0 saturated carbocycles. The number of hydrogen-bond acceptors (Lipinski definition) is 3. The number of rotatable bonds is 6. The van der Waals surface area contributed by atoms with Gasteiger partial charge in [-0.05, 0) is 19.1 Å². The molecule has 1 unspecified atom stereocenters. The first-order valence-electron chi connectivity index (χ1n) is 6.39. The van der Waals surface area contributed by atoms with Gasteiger partial charge < -0.3 is 15.1 Å². The number of anilines is 1. The lowest BCUT2D eigenvalue weighted by atomic mass is 10.2. The number of benzene rings is 1. The zero-order valence-electron chi connectivity index (χ0n) is 11.7. The molecular weight excluding hydrogens is 260 g/mol. The molecule has 6 heteroatoms. The molecule has 0 saturated heterocycles. The first kappa shape index (κ1) is 16.0. The number of aliphatic hydroxyl groups is 1. The van der Waals surface area contributed by atoms with Gasteiger partial charge >= 0.3 is 12.0 Å². The summed E-state index contributed by atoms with van der Waals surface area (Å²) in [6.07, 6.45) is -0.774. The molecule has 20 heavy (non-hydrogen) atoms. The largest absolute Gasteiger partial charge is 0.481 e. The van der Waals surface area contributed by atoms with Crippen LogP contribution in [0, 0.1) is 0 Å². The maximum absolute atomic E-state index is 12.3. The molecule has 0 bridgehead atoms. The van der Waals surface area contributed by atoms with Crippen LogP contribution in [-0.2, 0) is 4.79 Å². The van der Waals surface area contributed by atoms with Crippen molar-refractivity contribution in [3.63, 3.8) is 0 Å². The number of aliphatic carboxylic acids is 1.